The predicted molar refractivity (Wildman–Crippen MR) is 82.2 cm³/mol. The van der Waals surface area contributed by atoms with E-state index in [9.17, 15) is 9.59 Å². The van der Waals surface area contributed by atoms with E-state index in [1.54, 1.807) is 0 Å². The van der Waals surface area contributed by atoms with E-state index in [4.69, 9.17) is 10.1 Å². The second kappa shape index (κ2) is 5.00. The Balaban J connectivity index is 1.67. The molecule has 2 N–H and O–H groups in total. The molecule has 1 heterocycles. The second-order valence-corrected chi connectivity index (χ2v) is 8.34. The molecule has 0 aromatic heterocycles. The van der Waals surface area contributed by atoms with Gasteiger partial charge in [0.2, 0.25) is 5.91 Å². The number of hydrogen-bond donors (Lipinski definition) is 2. The van der Waals surface area contributed by atoms with E-state index in [0.29, 0.717) is 22.4 Å². The molecule has 0 aromatic carbocycles. The number of carbonyl (C=O) groups is 2. The number of carboxylic acids is 1. The third-order valence-corrected chi connectivity index (χ3v) is 6.83. The van der Waals surface area contributed by atoms with Crippen molar-refractivity contribution in [2.45, 2.75) is 51.3 Å². The van der Waals surface area contributed by atoms with Crippen molar-refractivity contribution in [2.75, 3.05) is 0 Å². The molecule has 1 saturated heterocycles. The highest BCUT2D eigenvalue weighted by molar-refractivity contribution is 8.15. The number of thioether (sulfide) groups is 1. The zero-order valence-corrected chi connectivity index (χ0v) is 13.4. The Morgan fingerprint density at radius 1 is 1.48 bits per heavy atom. The van der Waals surface area contributed by atoms with E-state index in [1.807, 2.05) is 0 Å². The molecule has 2 bridgehead atoms. The van der Waals surface area contributed by atoms with Crippen molar-refractivity contribution in [3.8, 4) is 0 Å². The zero-order chi connectivity index (χ0) is 15.4. The first-order chi connectivity index (χ1) is 9.79. The molecule has 4 rings (SSSR count). The topological polar surface area (TPSA) is 78.8 Å². The van der Waals surface area contributed by atoms with Crippen molar-refractivity contribution in [3.05, 3.63) is 0 Å². The van der Waals surface area contributed by atoms with Crippen molar-refractivity contribution >= 4 is 28.8 Å². The summed E-state index contributed by atoms with van der Waals surface area (Å²) in [5, 5.41) is 11.6. The zero-order valence-electron chi connectivity index (χ0n) is 12.6. The number of carboxylic acid groups (broad SMARTS) is 1. The fourth-order valence-electron chi connectivity index (χ4n) is 4.20. The normalized spacial score (nSPS) is 42.5. The van der Waals surface area contributed by atoms with Crippen LogP contribution in [0.4, 0.5) is 0 Å². The maximum Gasteiger partial charge on any atom is 0.305 e. The molecular weight excluding hydrogens is 288 g/mol. The van der Waals surface area contributed by atoms with Crippen LogP contribution < -0.4 is 5.32 Å². The highest BCUT2D eigenvalue weighted by Gasteiger charge is 2.56. The molecule has 3 saturated carbocycles. The summed E-state index contributed by atoms with van der Waals surface area (Å²) in [6.07, 6.45) is 2.23. The van der Waals surface area contributed by atoms with Crippen LogP contribution in [0.15, 0.2) is 4.99 Å². The van der Waals surface area contributed by atoms with Crippen LogP contribution in [0.5, 0.6) is 0 Å². The molecule has 0 radical (unpaired) electrons. The van der Waals surface area contributed by atoms with Crippen LogP contribution in [0.25, 0.3) is 0 Å². The number of amides is 1. The molecule has 4 fully saturated rings. The van der Waals surface area contributed by atoms with Gasteiger partial charge < -0.3 is 10.4 Å². The maximum atomic E-state index is 11.7. The van der Waals surface area contributed by atoms with Gasteiger partial charge >= 0.3 is 5.97 Å². The number of nitrogens with zero attached hydrogens (tertiary/aromatic N) is 1. The van der Waals surface area contributed by atoms with Crippen LogP contribution in [0.2, 0.25) is 0 Å². The SMILES string of the molecule is C[C@@H]1[C@@H](N=C2NC(=O)C(CC(=O)O)S2)C[C@H]2C[C@@H]1C2(C)C. The molecule has 6 heteroatoms. The van der Waals surface area contributed by atoms with E-state index in [-0.39, 0.29) is 18.4 Å². The summed E-state index contributed by atoms with van der Waals surface area (Å²) in [6.45, 7) is 6.95. The predicted octanol–water partition coefficient (Wildman–Crippen LogP) is 2.12. The van der Waals surface area contributed by atoms with Crippen molar-refractivity contribution < 1.29 is 14.7 Å². The van der Waals surface area contributed by atoms with Gasteiger partial charge in [-0.25, -0.2) is 0 Å². The van der Waals surface area contributed by atoms with E-state index in [2.05, 4.69) is 26.1 Å². The molecule has 0 spiro atoms. The van der Waals surface area contributed by atoms with Crippen molar-refractivity contribution in [2.24, 2.45) is 28.2 Å². The lowest BCUT2D eigenvalue weighted by Gasteiger charge is -2.61. The van der Waals surface area contributed by atoms with Gasteiger partial charge in [-0.05, 0) is 36.0 Å². The number of hydrogen-bond acceptors (Lipinski definition) is 4. The minimum atomic E-state index is -0.946. The fourth-order valence-corrected chi connectivity index (χ4v) is 5.22. The number of fused-ring (bicyclic) bond motifs is 2. The molecule has 5 nitrogen and oxygen atoms in total. The summed E-state index contributed by atoms with van der Waals surface area (Å²) in [6, 6.07) is 0.258. The summed E-state index contributed by atoms with van der Waals surface area (Å²) < 4.78 is 0. The number of amidine groups is 1. The minimum Gasteiger partial charge on any atom is -0.481 e. The molecule has 5 atom stereocenters. The lowest BCUT2D eigenvalue weighted by molar-refractivity contribution is -0.138. The van der Waals surface area contributed by atoms with E-state index >= 15 is 0 Å². The van der Waals surface area contributed by atoms with Gasteiger partial charge in [0.15, 0.2) is 5.17 Å². The molecule has 0 aromatic rings. The fraction of sp³-hybridized carbons (Fsp3) is 0.800. The quantitative estimate of drug-likeness (QED) is 0.837. The first-order valence-electron chi connectivity index (χ1n) is 7.56. The van der Waals surface area contributed by atoms with Gasteiger partial charge in [0, 0.05) is 0 Å². The summed E-state index contributed by atoms with van der Waals surface area (Å²) in [5.74, 6) is 0.786. The average molecular weight is 310 g/mol. The minimum absolute atomic E-state index is 0.145. The molecule has 21 heavy (non-hydrogen) atoms. The number of rotatable bonds is 3. The summed E-state index contributed by atoms with van der Waals surface area (Å²) in [4.78, 5) is 27.2. The smallest absolute Gasteiger partial charge is 0.305 e. The standard InChI is InChI=1S/C15H22N2O3S/c1-7-9-4-8(15(9,2)3)5-10(7)16-14-17-13(20)11(21-14)6-12(18)19/h7-11H,4-6H2,1-3H3,(H,18,19)(H,16,17,20)/t7-,8+,9-,10-,11?/m0/s1. The highest BCUT2D eigenvalue weighted by Crippen LogP contribution is 2.61. The summed E-state index contributed by atoms with van der Waals surface area (Å²) in [7, 11) is 0. The third-order valence-electron chi connectivity index (χ3n) is 5.73. The first-order valence-corrected chi connectivity index (χ1v) is 8.44. The van der Waals surface area contributed by atoms with Gasteiger partial charge in [-0.2, -0.15) is 0 Å². The Kier molecular flexibility index (Phi) is 3.55. The first kappa shape index (κ1) is 14.9. The van der Waals surface area contributed by atoms with E-state index in [1.165, 1.54) is 18.2 Å². The largest absolute Gasteiger partial charge is 0.481 e. The lowest BCUT2D eigenvalue weighted by Crippen LogP contribution is -2.56. The molecule has 1 unspecified atom stereocenters. The molecule has 1 amide bonds. The number of nitrogens with one attached hydrogen (secondary N) is 1. The van der Waals surface area contributed by atoms with Crippen LogP contribution in [0.3, 0.4) is 0 Å². The number of aliphatic carboxylic acids is 1. The summed E-state index contributed by atoms with van der Waals surface area (Å²) >= 11 is 1.27. The van der Waals surface area contributed by atoms with Gasteiger partial charge in [-0.1, -0.05) is 32.5 Å². The van der Waals surface area contributed by atoms with Gasteiger partial charge in [0.25, 0.3) is 0 Å². The Hall–Kier alpha value is -1.04. The monoisotopic (exact) mass is 310 g/mol. The van der Waals surface area contributed by atoms with Crippen LogP contribution in [0, 0.1) is 23.2 Å². The van der Waals surface area contributed by atoms with Gasteiger partial charge in [-0.15, -0.1) is 0 Å². The second-order valence-electron chi connectivity index (χ2n) is 7.15. The van der Waals surface area contributed by atoms with Crippen LogP contribution in [-0.4, -0.2) is 33.4 Å². The van der Waals surface area contributed by atoms with Crippen molar-refractivity contribution in [1.82, 2.24) is 5.32 Å². The average Bonchev–Trinajstić information content (AvgIpc) is 2.70. The molecule has 116 valence electrons. The Labute approximate surface area is 129 Å². The molecule has 4 aliphatic rings. The van der Waals surface area contributed by atoms with E-state index < -0.39 is 11.2 Å². The third kappa shape index (κ3) is 2.47. The van der Waals surface area contributed by atoms with Crippen LogP contribution in [0.1, 0.15) is 40.0 Å². The Morgan fingerprint density at radius 3 is 2.76 bits per heavy atom. The van der Waals surface area contributed by atoms with Crippen molar-refractivity contribution in [3.63, 3.8) is 0 Å². The van der Waals surface area contributed by atoms with Crippen LogP contribution in [-0.2, 0) is 9.59 Å². The maximum absolute atomic E-state index is 11.7. The number of aliphatic imine (C=N–C) groups is 1. The number of carbonyl (C=O) groups excluding carboxylic acids is 1. The lowest BCUT2D eigenvalue weighted by atomic mass is 9.45. The highest BCUT2D eigenvalue weighted by atomic mass is 32.2. The molecule has 3 aliphatic carbocycles. The Bertz CT molecular complexity index is 517. The van der Waals surface area contributed by atoms with Crippen molar-refractivity contribution in [1.29, 1.82) is 0 Å². The molecule has 1 aliphatic heterocycles. The molecular formula is C15H22N2O3S. The Morgan fingerprint density at radius 2 is 2.19 bits per heavy atom. The van der Waals surface area contributed by atoms with Gasteiger partial charge in [0.1, 0.15) is 5.25 Å². The van der Waals surface area contributed by atoms with Gasteiger partial charge in [-0.3, -0.25) is 14.6 Å². The van der Waals surface area contributed by atoms with Crippen LogP contribution >= 0.6 is 11.8 Å². The van der Waals surface area contributed by atoms with E-state index in [0.717, 1.165) is 12.3 Å². The summed E-state index contributed by atoms with van der Waals surface area (Å²) in [5.41, 5.74) is 0.425. The van der Waals surface area contributed by atoms with Gasteiger partial charge in [0.05, 0.1) is 12.5 Å².